The first kappa shape index (κ1) is 10.1. The molecule has 3 nitrogen and oxygen atoms in total. The van der Waals surface area contributed by atoms with Gasteiger partial charge >= 0.3 is 0 Å². The van der Waals surface area contributed by atoms with Crippen molar-refractivity contribution in [3.63, 3.8) is 0 Å². The highest BCUT2D eigenvalue weighted by molar-refractivity contribution is 5.71. The van der Waals surface area contributed by atoms with Crippen LogP contribution in [0.4, 0.5) is 10.4 Å². The number of nitrogens with zero attached hydrogens (tertiary/aromatic N) is 1. The normalized spacial score (nSPS) is 26.4. The van der Waals surface area contributed by atoms with E-state index in [2.05, 4.69) is 4.98 Å². The smallest absolute Gasteiger partial charge is 0.292 e. The van der Waals surface area contributed by atoms with Crippen molar-refractivity contribution < 1.29 is 8.81 Å². The lowest BCUT2D eigenvalue weighted by Crippen LogP contribution is -2.18. The van der Waals surface area contributed by atoms with Crippen LogP contribution in [0, 0.1) is 11.8 Å². The van der Waals surface area contributed by atoms with E-state index in [1.165, 1.54) is 12.3 Å². The van der Waals surface area contributed by atoms with Gasteiger partial charge in [-0.2, -0.15) is 4.98 Å². The van der Waals surface area contributed by atoms with Gasteiger partial charge in [-0.3, -0.25) is 0 Å². The Bertz CT molecular complexity index is 566. The fourth-order valence-electron chi connectivity index (χ4n) is 2.24. The summed E-state index contributed by atoms with van der Waals surface area (Å²) in [7, 11) is 0. The van der Waals surface area contributed by atoms with Gasteiger partial charge in [0, 0.05) is 11.8 Å². The molecule has 4 heteroatoms. The highest BCUT2D eigenvalue weighted by Gasteiger charge is 2.30. The minimum absolute atomic E-state index is 0.0329. The zero-order chi connectivity index (χ0) is 11.8. The van der Waals surface area contributed by atoms with E-state index < -0.39 is 0 Å². The lowest BCUT2D eigenvalue weighted by Gasteiger charge is -2.27. The third-order valence-corrected chi connectivity index (χ3v) is 3.05. The minimum Gasteiger partial charge on any atom is -0.432 e. The average Bonchev–Trinajstić information content (AvgIpc) is 2.77. The monoisotopic (exact) mass is 230 g/mol. The summed E-state index contributed by atoms with van der Waals surface area (Å²) in [4.78, 5) is 4.08. The van der Waals surface area contributed by atoms with Crippen LogP contribution in [0.25, 0.3) is 5.57 Å². The van der Waals surface area contributed by atoms with Gasteiger partial charge in [0.05, 0.1) is 0 Å². The second kappa shape index (κ2) is 3.73. The SMILES string of the molecule is Nc1nc(C2=CC=C(F)C3C=CC=CC23)co1. The van der Waals surface area contributed by atoms with Gasteiger partial charge in [0.1, 0.15) is 17.8 Å². The van der Waals surface area contributed by atoms with Gasteiger partial charge in [0.25, 0.3) is 6.01 Å². The molecule has 2 aliphatic carbocycles. The number of hydrogen-bond donors (Lipinski definition) is 1. The van der Waals surface area contributed by atoms with E-state index in [0.29, 0.717) is 5.69 Å². The van der Waals surface area contributed by atoms with Crippen LogP contribution in [0.5, 0.6) is 0 Å². The Labute approximate surface area is 97.8 Å². The molecule has 0 saturated carbocycles. The molecule has 2 unspecified atom stereocenters. The maximum atomic E-state index is 13.7. The fourth-order valence-corrected chi connectivity index (χ4v) is 2.24. The molecule has 0 aromatic carbocycles. The van der Waals surface area contributed by atoms with Crippen molar-refractivity contribution in [2.75, 3.05) is 5.73 Å². The molecule has 3 rings (SSSR count). The molecule has 1 heterocycles. The maximum absolute atomic E-state index is 13.7. The third-order valence-electron chi connectivity index (χ3n) is 3.05. The second-order valence-electron chi connectivity index (χ2n) is 4.07. The van der Waals surface area contributed by atoms with Gasteiger partial charge in [-0.15, -0.1) is 0 Å². The summed E-state index contributed by atoms with van der Waals surface area (Å²) in [6.07, 6.45) is 12.3. The summed E-state index contributed by atoms with van der Waals surface area (Å²) in [6, 6.07) is 0.128. The molecule has 2 N–H and O–H groups in total. The molecule has 0 amide bonds. The van der Waals surface area contributed by atoms with Crippen molar-refractivity contribution in [2.45, 2.75) is 0 Å². The highest BCUT2D eigenvalue weighted by Crippen LogP contribution is 2.40. The van der Waals surface area contributed by atoms with Crippen LogP contribution in [-0.4, -0.2) is 4.98 Å². The Hall–Kier alpha value is -2.10. The zero-order valence-electron chi connectivity index (χ0n) is 9.01. The number of nitrogens with two attached hydrogens (primary N) is 1. The van der Waals surface area contributed by atoms with E-state index >= 15 is 0 Å². The van der Waals surface area contributed by atoms with Crippen LogP contribution in [0.1, 0.15) is 5.69 Å². The largest absolute Gasteiger partial charge is 0.432 e. The summed E-state index contributed by atoms with van der Waals surface area (Å²) in [5, 5.41) is 0. The number of halogens is 1. The standard InChI is InChI=1S/C13H11FN2O/c14-11-6-5-10(12-7-17-13(15)16-12)8-3-1-2-4-9(8)11/h1-9H,(H2,15,16). The van der Waals surface area contributed by atoms with E-state index in [1.807, 2.05) is 24.3 Å². The molecule has 0 aliphatic heterocycles. The van der Waals surface area contributed by atoms with E-state index in [1.54, 1.807) is 6.08 Å². The summed E-state index contributed by atoms with van der Waals surface area (Å²) < 4.78 is 18.7. The maximum Gasteiger partial charge on any atom is 0.292 e. The summed E-state index contributed by atoms with van der Waals surface area (Å²) >= 11 is 0. The number of hydrogen-bond acceptors (Lipinski definition) is 3. The van der Waals surface area contributed by atoms with E-state index in [9.17, 15) is 4.39 Å². The number of fused-ring (bicyclic) bond motifs is 1. The Morgan fingerprint density at radius 1 is 1.18 bits per heavy atom. The predicted molar refractivity (Wildman–Crippen MR) is 63.3 cm³/mol. The summed E-state index contributed by atoms with van der Waals surface area (Å²) in [5.74, 6) is -0.400. The minimum atomic E-state index is -0.238. The van der Waals surface area contributed by atoms with Crippen molar-refractivity contribution in [3.8, 4) is 0 Å². The van der Waals surface area contributed by atoms with E-state index in [0.717, 1.165) is 5.57 Å². The Morgan fingerprint density at radius 2 is 1.94 bits per heavy atom. The molecule has 0 bridgehead atoms. The number of oxazole rings is 1. The van der Waals surface area contributed by atoms with Crippen LogP contribution in [0.3, 0.4) is 0 Å². The van der Waals surface area contributed by atoms with Crippen molar-refractivity contribution in [3.05, 3.63) is 54.2 Å². The first-order valence-electron chi connectivity index (χ1n) is 5.39. The number of rotatable bonds is 1. The molecule has 0 spiro atoms. The Morgan fingerprint density at radius 3 is 2.65 bits per heavy atom. The van der Waals surface area contributed by atoms with Crippen LogP contribution in [0.2, 0.25) is 0 Å². The molecule has 17 heavy (non-hydrogen) atoms. The van der Waals surface area contributed by atoms with Gasteiger partial charge in [-0.25, -0.2) is 4.39 Å². The van der Waals surface area contributed by atoms with E-state index in [-0.39, 0.29) is 23.7 Å². The Balaban J connectivity index is 2.05. The van der Waals surface area contributed by atoms with Crippen molar-refractivity contribution in [2.24, 2.45) is 11.8 Å². The second-order valence-corrected chi connectivity index (χ2v) is 4.07. The van der Waals surface area contributed by atoms with Gasteiger partial charge in [-0.1, -0.05) is 30.4 Å². The van der Waals surface area contributed by atoms with Crippen LogP contribution in [0.15, 0.2) is 53.0 Å². The molecule has 1 aromatic heterocycles. The number of allylic oxidation sites excluding steroid dienone is 8. The zero-order valence-corrected chi connectivity index (χ0v) is 9.01. The number of aromatic nitrogens is 1. The quantitative estimate of drug-likeness (QED) is 0.807. The van der Waals surface area contributed by atoms with Crippen molar-refractivity contribution in [1.29, 1.82) is 0 Å². The molecular formula is C13H11FN2O. The summed E-state index contributed by atoms with van der Waals surface area (Å²) in [5.41, 5.74) is 7.05. The molecule has 86 valence electrons. The number of anilines is 1. The number of nitrogen functional groups attached to an aromatic ring is 1. The van der Waals surface area contributed by atoms with Crippen molar-refractivity contribution >= 4 is 11.6 Å². The molecule has 0 radical (unpaired) electrons. The van der Waals surface area contributed by atoms with Gasteiger partial charge in [0.15, 0.2) is 0 Å². The predicted octanol–water partition coefficient (Wildman–Crippen LogP) is 2.87. The molecule has 2 aliphatic rings. The van der Waals surface area contributed by atoms with Crippen LogP contribution < -0.4 is 5.73 Å². The first-order chi connectivity index (χ1) is 8.25. The fraction of sp³-hybridized carbons (Fsp3) is 0.154. The molecule has 2 atom stereocenters. The van der Waals surface area contributed by atoms with Crippen molar-refractivity contribution in [1.82, 2.24) is 4.98 Å². The molecular weight excluding hydrogens is 219 g/mol. The van der Waals surface area contributed by atoms with Crippen LogP contribution in [-0.2, 0) is 0 Å². The van der Waals surface area contributed by atoms with Crippen LogP contribution >= 0.6 is 0 Å². The Kier molecular flexibility index (Phi) is 2.21. The summed E-state index contributed by atoms with van der Waals surface area (Å²) in [6.45, 7) is 0. The average molecular weight is 230 g/mol. The third kappa shape index (κ3) is 1.62. The topological polar surface area (TPSA) is 52.0 Å². The molecule has 0 saturated heterocycles. The lowest BCUT2D eigenvalue weighted by molar-refractivity contribution is 0.479. The molecule has 1 aromatic rings. The van der Waals surface area contributed by atoms with E-state index in [4.69, 9.17) is 10.2 Å². The van der Waals surface area contributed by atoms with Gasteiger partial charge in [0.2, 0.25) is 0 Å². The molecule has 0 fully saturated rings. The van der Waals surface area contributed by atoms with Gasteiger partial charge in [-0.05, 0) is 11.6 Å². The first-order valence-corrected chi connectivity index (χ1v) is 5.39. The highest BCUT2D eigenvalue weighted by atomic mass is 19.1. The van der Waals surface area contributed by atoms with Gasteiger partial charge < -0.3 is 10.2 Å². The lowest BCUT2D eigenvalue weighted by atomic mass is 9.78.